The van der Waals surface area contributed by atoms with E-state index in [0.29, 0.717) is 41.1 Å². The van der Waals surface area contributed by atoms with Gasteiger partial charge in [0, 0.05) is 38.3 Å². The number of fused-ring (bicyclic) bond motifs is 1. The third-order valence-electron chi connectivity index (χ3n) is 7.32. The molecular weight excluding hydrogens is 540 g/mol. The van der Waals surface area contributed by atoms with Gasteiger partial charge in [-0.15, -0.1) is 13.2 Å². The summed E-state index contributed by atoms with van der Waals surface area (Å²) in [7, 11) is 1.65. The Morgan fingerprint density at radius 3 is 2.41 bits per heavy atom. The van der Waals surface area contributed by atoms with Gasteiger partial charge in [0.15, 0.2) is 0 Å². The third-order valence-corrected chi connectivity index (χ3v) is 7.32. The number of ether oxygens (including phenoxy) is 1. The molecule has 0 spiro atoms. The second-order valence-corrected chi connectivity index (χ2v) is 10.1. The molecule has 1 saturated heterocycles. The van der Waals surface area contributed by atoms with Gasteiger partial charge in [0.2, 0.25) is 0 Å². The van der Waals surface area contributed by atoms with Crippen molar-refractivity contribution in [3.63, 3.8) is 0 Å². The molecule has 1 aromatic carbocycles. The number of aryl methyl sites for hydroxylation is 1. The molecule has 4 aromatic rings. The van der Waals surface area contributed by atoms with Crippen molar-refractivity contribution in [3.05, 3.63) is 93.9 Å². The van der Waals surface area contributed by atoms with Crippen LogP contribution in [0.2, 0.25) is 0 Å². The van der Waals surface area contributed by atoms with E-state index in [1.165, 1.54) is 28.8 Å². The van der Waals surface area contributed by atoms with E-state index in [9.17, 15) is 27.6 Å². The first kappa shape index (κ1) is 28.0. The second kappa shape index (κ2) is 10.8. The number of benzene rings is 1. The molecule has 3 aromatic heterocycles. The molecule has 8 nitrogen and oxygen atoms in total. The molecule has 4 heterocycles. The Morgan fingerprint density at radius 2 is 1.78 bits per heavy atom. The van der Waals surface area contributed by atoms with E-state index in [4.69, 9.17) is 0 Å². The van der Waals surface area contributed by atoms with Crippen LogP contribution in [0.5, 0.6) is 5.75 Å². The molecule has 5 rings (SSSR count). The van der Waals surface area contributed by atoms with E-state index in [0.717, 1.165) is 6.20 Å². The topological polar surface area (TPSA) is 87.3 Å². The first-order valence-corrected chi connectivity index (χ1v) is 12.9. The number of hydrogen-bond acceptors (Lipinski definition) is 7. The number of nitriles is 1. The zero-order chi connectivity index (χ0) is 29.5. The molecule has 2 unspecified atom stereocenters. The lowest BCUT2D eigenvalue weighted by molar-refractivity contribution is -0.274. The van der Waals surface area contributed by atoms with Crippen molar-refractivity contribution in [1.82, 2.24) is 19.4 Å². The Labute approximate surface area is 233 Å². The van der Waals surface area contributed by atoms with Crippen LogP contribution in [0.25, 0.3) is 11.0 Å². The first-order chi connectivity index (χ1) is 19.4. The van der Waals surface area contributed by atoms with Crippen LogP contribution in [0.15, 0.2) is 65.6 Å². The summed E-state index contributed by atoms with van der Waals surface area (Å²) in [6, 6.07) is 14.5. The summed E-state index contributed by atoms with van der Waals surface area (Å²) in [4.78, 5) is 25.9. The van der Waals surface area contributed by atoms with Gasteiger partial charge in [-0.1, -0.05) is 12.1 Å². The lowest BCUT2D eigenvalue weighted by Gasteiger charge is -2.48. The number of rotatable bonds is 5. The monoisotopic (exact) mass is 566 g/mol. The van der Waals surface area contributed by atoms with Crippen molar-refractivity contribution < 1.29 is 22.3 Å². The molecule has 12 heteroatoms. The van der Waals surface area contributed by atoms with E-state index in [1.54, 1.807) is 37.4 Å². The summed E-state index contributed by atoms with van der Waals surface area (Å²) < 4.78 is 57.5. The molecular formula is C29H26F4N6O2. The van der Waals surface area contributed by atoms with Crippen LogP contribution < -0.4 is 15.2 Å². The third kappa shape index (κ3) is 5.71. The maximum Gasteiger partial charge on any atom is 0.573 e. The summed E-state index contributed by atoms with van der Waals surface area (Å²) in [5.74, 6) is -0.852. The maximum absolute atomic E-state index is 13.8. The first-order valence-electron chi connectivity index (χ1n) is 12.9. The number of anilines is 1. The van der Waals surface area contributed by atoms with Crippen LogP contribution in [0, 0.1) is 17.1 Å². The van der Waals surface area contributed by atoms with Crippen molar-refractivity contribution in [2.75, 3.05) is 18.0 Å². The predicted octanol–water partition coefficient (Wildman–Crippen LogP) is 4.93. The van der Waals surface area contributed by atoms with E-state index < -0.39 is 18.2 Å². The van der Waals surface area contributed by atoms with Crippen molar-refractivity contribution in [3.8, 4) is 11.8 Å². The van der Waals surface area contributed by atoms with Gasteiger partial charge in [-0.05, 0) is 55.8 Å². The highest BCUT2D eigenvalue weighted by Gasteiger charge is 2.37. The van der Waals surface area contributed by atoms with Gasteiger partial charge < -0.3 is 14.2 Å². The molecule has 0 bridgehead atoms. The Bertz CT molecular complexity index is 1670. The zero-order valence-corrected chi connectivity index (χ0v) is 22.4. The van der Waals surface area contributed by atoms with Crippen LogP contribution in [0.4, 0.5) is 23.2 Å². The average Bonchev–Trinajstić information content (AvgIpc) is 2.93. The van der Waals surface area contributed by atoms with Crippen LogP contribution in [-0.2, 0) is 7.05 Å². The quantitative estimate of drug-likeness (QED) is 0.317. The minimum Gasteiger partial charge on any atom is -0.406 e. The molecule has 1 fully saturated rings. The highest BCUT2D eigenvalue weighted by atomic mass is 19.4. The highest BCUT2D eigenvalue weighted by molar-refractivity contribution is 5.89. The fraction of sp³-hybridized carbons (Fsp3) is 0.310. The zero-order valence-electron chi connectivity index (χ0n) is 22.4. The van der Waals surface area contributed by atoms with E-state index >= 15 is 0 Å². The maximum atomic E-state index is 13.8. The fourth-order valence-corrected chi connectivity index (χ4v) is 5.37. The van der Waals surface area contributed by atoms with Crippen molar-refractivity contribution >= 4 is 16.7 Å². The van der Waals surface area contributed by atoms with Crippen LogP contribution in [0.3, 0.4) is 0 Å². The number of nitrogens with zero attached hydrogens (tertiary/aromatic N) is 6. The smallest absolute Gasteiger partial charge is 0.406 e. The Kier molecular flexibility index (Phi) is 7.40. The lowest BCUT2D eigenvalue weighted by atomic mass is 9.96. The minimum atomic E-state index is -4.81. The predicted molar refractivity (Wildman–Crippen MR) is 144 cm³/mol. The SMILES string of the molecule is CC1CN(c2cc(=O)n(C)c3ccc(C#N)nc23)[C@@H](C)CN1C(c1ccc(OC(F)(F)F)cc1)c1ccc(F)cn1. The van der Waals surface area contributed by atoms with Crippen LogP contribution in [-0.4, -0.2) is 51.0 Å². The van der Waals surface area contributed by atoms with Gasteiger partial charge in [-0.3, -0.25) is 14.7 Å². The highest BCUT2D eigenvalue weighted by Crippen LogP contribution is 2.36. The summed E-state index contributed by atoms with van der Waals surface area (Å²) in [6.07, 6.45) is -3.71. The summed E-state index contributed by atoms with van der Waals surface area (Å²) in [5, 5.41) is 9.42. The fourth-order valence-electron chi connectivity index (χ4n) is 5.37. The Morgan fingerprint density at radius 1 is 1.05 bits per heavy atom. The number of pyridine rings is 3. The van der Waals surface area contributed by atoms with Crippen LogP contribution in [0.1, 0.15) is 36.8 Å². The van der Waals surface area contributed by atoms with Crippen molar-refractivity contribution in [1.29, 1.82) is 5.26 Å². The van der Waals surface area contributed by atoms with Gasteiger partial charge in [-0.25, -0.2) is 9.37 Å². The summed E-state index contributed by atoms with van der Waals surface area (Å²) >= 11 is 0. The molecule has 1 aliphatic heterocycles. The Balaban J connectivity index is 1.52. The van der Waals surface area contributed by atoms with Crippen molar-refractivity contribution in [2.24, 2.45) is 7.05 Å². The second-order valence-electron chi connectivity index (χ2n) is 10.1. The molecule has 0 N–H and O–H groups in total. The molecule has 0 amide bonds. The Hall–Kier alpha value is -4.50. The van der Waals surface area contributed by atoms with E-state index in [2.05, 4.69) is 30.6 Å². The van der Waals surface area contributed by atoms with Gasteiger partial charge in [0.05, 0.1) is 29.1 Å². The standard InChI is InChI=1S/C29H26F4N6O2/c1-17-16-39(18(2)15-38(17)25-12-26(40)37(3)24-11-7-21(13-34)36-27(24)25)28(23-10-6-20(30)14-35-23)19-4-8-22(9-5-19)41-29(31,32)33/h4-12,14,17-18,28H,15-16H2,1-3H3/t17-,18?,28?/m0/s1. The lowest BCUT2D eigenvalue weighted by Crippen LogP contribution is -2.57. The molecule has 0 saturated carbocycles. The summed E-state index contributed by atoms with van der Waals surface area (Å²) in [6.45, 7) is 4.93. The van der Waals surface area contributed by atoms with E-state index in [1.807, 2.05) is 13.8 Å². The number of halogens is 4. The van der Waals surface area contributed by atoms with Crippen molar-refractivity contribution in [2.45, 2.75) is 38.3 Å². The normalized spacial score (nSPS) is 18.7. The number of hydrogen-bond donors (Lipinski definition) is 0. The number of aromatic nitrogens is 3. The molecule has 41 heavy (non-hydrogen) atoms. The number of piperazine rings is 1. The number of alkyl halides is 3. The largest absolute Gasteiger partial charge is 0.573 e. The van der Waals surface area contributed by atoms with Gasteiger partial charge in [0.1, 0.15) is 28.8 Å². The minimum absolute atomic E-state index is 0.146. The van der Waals surface area contributed by atoms with Gasteiger partial charge in [0.25, 0.3) is 5.56 Å². The van der Waals surface area contributed by atoms with Gasteiger partial charge in [-0.2, -0.15) is 5.26 Å². The van der Waals surface area contributed by atoms with Gasteiger partial charge >= 0.3 is 6.36 Å². The molecule has 0 radical (unpaired) electrons. The molecule has 212 valence electrons. The van der Waals surface area contributed by atoms with Crippen LogP contribution >= 0.6 is 0 Å². The molecule has 1 aliphatic rings. The summed E-state index contributed by atoms with van der Waals surface area (Å²) in [5.41, 5.74) is 2.96. The molecule has 3 atom stereocenters. The van der Waals surface area contributed by atoms with E-state index in [-0.39, 0.29) is 29.1 Å². The molecule has 0 aliphatic carbocycles. The average molecular weight is 567 g/mol.